The largest absolute Gasteiger partial charge is 0.464 e. The summed E-state index contributed by atoms with van der Waals surface area (Å²) in [5.41, 5.74) is 0.475. The zero-order valence-corrected chi connectivity index (χ0v) is 16.5. The summed E-state index contributed by atoms with van der Waals surface area (Å²) < 4.78 is 28.7. The summed E-state index contributed by atoms with van der Waals surface area (Å²) in [4.78, 5) is 23.4. The number of ether oxygens (including phenoxy) is 4. The second-order valence-electron chi connectivity index (χ2n) is 7.24. The lowest BCUT2D eigenvalue weighted by Gasteiger charge is -2.47. The maximum Gasteiger partial charge on any atom is 0.223 e. The van der Waals surface area contributed by atoms with E-state index in [1.54, 1.807) is 36.4 Å². The highest BCUT2D eigenvalue weighted by Gasteiger charge is 2.51. The molecule has 4 rings (SSSR count). The van der Waals surface area contributed by atoms with Crippen molar-refractivity contribution in [1.29, 1.82) is 0 Å². The first kappa shape index (κ1) is 20.5. The van der Waals surface area contributed by atoms with E-state index in [-0.39, 0.29) is 18.3 Å². The van der Waals surface area contributed by atoms with Crippen LogP contribution >= 0.6 is 0 Å². The van der Waals surface area contributed by atoms with E-state index in [4.69, 9.17) is 23.4 Å². The lowest BCUT2D eigenvalue weighted by atomic mass is 9.96. The summed E-state index contributed by atoms with van der Waals surface area (Å²) in [5, 5.41) is 13.7. The van der Waals surface area contributed by atoms with E-state index >= 15 is 0 Å². The number of amides is 1. The van der Waals surface area contributed by atoms with Gasteiger partial charge in [0, 0.05) is 12.5 Å². The van der Waals surface area contributed by atoms with Crippen LogP contribution in [0.25, 0.3) is 0 Å². The highest BCUT2D eigenvalue weighted by molar-refractivity contribution is 5.94. The van der Waals surface area contributed by atoms with Gasteiger partial charge >= 0.3 is 0 Å². The van der Waals surface area contributed by atoms with Crippen LogP contribution in [0.3, 0.4) is 0 Å². The van der Waals surface area contributed by atoms with E-state index in [0.717, 1.165) is 0 Å². The molecule has 2 aromatic rings. The second-order valence-corrected chi connectivity index (χ2v) is 7.24. The monoisotopic (exact) mass is 417 g/mol. The molecule has 6 unspecified atom stereocenters. The molecule has 160 valence electrons. The van der Waals surface area contributed by atoms with Crippen LogP contribution < -0.4 is 10.1 Å². The molecule has 3 heterocycles. The molecular formula is C21H23NO8. The number of benzene rings is 1. The standard InChI is InChI=1S/C21H23NO8/c1-11(23)13-5-3-6-14(9-13)28-21-17(22-12(2)24)18(25)19-16(29-21)10-27-20(30-19)15-7-4-8-26-15/h3-9,16-21,25H,10H2,1-2H3,(H,22,24). The van der Waals surface area contributed by atoms with Gasteiger partial charge in [-0.1, -0.05) is 12.1 Å². The molecule has 1 aromatic carbocycles. The lowest BCUT2D eigenvalue weighted by Crippen LogP contribution is -2.67. The van der Waals surface area contributed by atoms with Crippen LogP contribution in [0.4, 0.5) is 0 Å². The number of carbonyl (C=O) groups excluding carboxylic acids is 2. The Hall–Kier alpha value is -2.72. The van der Waals surface area contributed by atoms with Gasteiger partial charge in [-0.25, -0.2) is 0 Å². The summed E-state index contributed by atoms with van der Waals surface area (Å²) in [6.07, 6.45) is -2.83. The number of rotatable bonds is 5. The molecule has 2 aliphatic heterocycles. The summed E-state index contributed by atoms with van der Waals surface area (Å²) >= 11 is 0. The number of Topliss-reactive ketones (excluding diaryl/α,β-unsaturated/α-hetero) is 1. The van der Waals surface area contributed by atoms with Gasteiger partial charge < -0.3 is 33.8 Å². The molecule has 0 spiro atoms. The smallest absolute Gasteiger partial charge is 0.223 e. The minimum absolute atomic E-state index is 0.110. The third kappa shape index (κ3) is 4.24. The Morgan fingerprint density at radius 3 is 2.70 bits per heavy atom. The molecule has 2 fully saturated rings. The maximum atomic E-state index is 11.8. The van der Waals surface area contributed by atoms with Crippen molar-refractivity contribution in [3.05, 3.63) is 54.0 Å². The third-order valence-corrected chi connectivity index (χ3v) is 5.00. The Balaban J connectivity index is 1.54. The van der Waals surface area contributed by atoms with E-state index in [0.29, 0.717) is 17.1 Å². The average Bonchev–Trinajstić information content (AvgIpc) is 3.25. The lowest BCUT2D eigenvalue weighted by molar-refractivity contribution is -0.336. The fourth-order valence-electron chi connectivity index (χ4n) is 3.57. The Bertz CT molecular complexity index is 898. The number of aliphatic hydroxyl groups excluding tert-OH is 1. The number of nitrogens with one attached hydrogen (secondary N) is 1. The minimum Gasteiger partial charge on any atom is -0.464 e. The number of carbonyl (C=O) groups is 2. The Kier molecular flexibility index (Phi) is 5.87. The summed E-state index contributed by atoms with van der Waals surface area (Å²) in [7, 11) is 0. The van der Waals surface area contributed by atoms with Crippen molar-refractivity contribution in [1.82, 2.24) is 5.32 Å². The van der Waals surface area contributed by atoms with Crippen LogP contribution in [0.5, 0.6) is 5.75 Å². The van der Waals surface area contributed by atoms with Crippen LogP contribution in [0.15, 0.2) is 47.1 Å². The van der Waals surface area contributed by atoms with E-state index in [1.807, 2.05) is 0 Å². The molecule has 9 heteroatoms. The average molecular weight is 417 g/mol. The molecule has 30 heavy (non-hydrogen) atoms. The first-order valence-corrected chi connectivity index (χ1v) is 9.61. The molecule has 9 nitrogen and oxygen atoms in total. The van der Waals surface area contributed by atoms with Crippen LogP contribution in [-0.4, -0.2) is 54.0 Å². The van der Waals surface area contributed by atoms with Gasteiger partial charge in [0.15, 0.2) is 11.5 Å². The van der Waals surface area contributed by atoms with E-state index in [1.165, 1.54) is 20.1 Å². The molecule has 2 aliphatic rings. The van der Waals surface area contributed by atoms with E-state index < -0.39 is 36.9 Å². The van der Waals surface area contributed by atoms with Gasteiger partial charge in [-0.2, -0.15) is 0 Å². The number of ketones is 1. The van der Waals surface area contributed by atoms with Crippen LogP contribution in [0.2, 0.25) is 0 Å². The molecule has 0 saturated carbocycles. The van der Waals surface area contributed by atoms with E-state index in [9.17, 15) is 14.7 Å². The van der Waals surface area contributed by atoms with Crippen molar-refractivity contribution in [2.45, 2.75) is 50.8 Å². The molecule has 2 N–H and O–H groups in total. The third-order valence-electron chi connectivity index (χ3n) is 5.00. The van der Waals surface area contributed by atoms with Crippen LogP contribution in [0.1, 0.15) is 36.3 Å². The van der Waals surface area contributed by atoms with Crippen molar-refractivity contribution >= 4 is 11.7 Å². The van der Waals surface area contributed by atoms with Gasteiger partial charge in [0.25, 0.3) is 0 Å². The normalized spacial score (nSPS) is 30.9. The second kappa shape index (κ2) is 8.57. The highest BCUT2D eigenvalue weighted by Crippen LogP contribution is 2.35. The fourth-order valence-corrected chi connectivity index (χ4v) is 3.57. The SMILES string of the molecule is CC(=O)NC1C(Oc2cccc(C(C)=O)c2)OC2COC(c3ccco3)OC2C1O. The molecular weight excluding hydrogens is 394 g/mol. The van der Waals surface area contributed by atoms with Crippen molar-refractivity contribution in [3.63, 3.8) is 0 Å². The number of hydrogen-bond donors (Lipinski definition) is 2. The molecule has 2 saturated heterocycles. The highest BCUT2D eigenvalue weighted by atomic mass is 16.8. The minimum atomic E-state index is -1.13. The Morgan fingerprint density at radius 2 is 2.00 bits per heavy atom. The number of hydrogen-bond acceptors (Lipinski definition) is 8. The van der Waals surface area contributed by atoms with Gasteiger partial charge in [0.1, 0.15) is 30.1 Å². The van der Waals surface area contributed by atoms with Crippen molar-refractivity contribution in [2.75, 3.05) is 6.61 Å². The van der Waals surface area contributed by atoms with Gasteiger partial charge in [-0.3, -0.25) is 9.59 Å². The molecule has 1 aromatic heterocycles. The topological polar surface area (TPSA) is 116 Å². The fraction of sp³-hybridized carbons (Fsp3) is 0.429. The quantitative estimate of drug-likeness (QED) is 0.704. The van der Waals surface area contributed by atoms with Gasteiger partial charge in [0.2, 0.25) is 18.5 Å². The Labute approximate surface area is 172 Å². The van der Waals surface area contributed by atoms with Crippen molar-refractivity contribution in [3.8, 4) is 5.75 Å². The first-order chi connectivity index (χ1) is 14.4. The van der Waals surface area contributed by atoms with Gasteiger partial charge in [-0.15, -0.1) is 0 Å². The first-order valence-electron chi connectivity index (χ1n) is 9.61. The van der Waals surface area contributed by atoms with Crippen LogP contribution in [-0.2, 0) is 19.0 Å². The molecule has 0 bridgehead atoms. The molecule has 0 aliphatic carbocycles. The zero-order chi connectivity index (χ0) is 21.3. The molecule has 6 atom stereocenters. The van der Waals surface area contributed by atoms with Crippen LogP contribution in [0, 0.1) is 0 Å². The van der Waals surface area contributed by atoms with Gasteiger partial charge in [-0.05, 0) is 31.2 Å². The summed E-state index contributed by atoms with van der Waals surface area (Å²) in [6.45, 7) is 2.92. The summed E-state index contributed by atoms with van der Waals surface area (Å²) in [5.74, 6) is 0.374. The Morgan fingerprint density at radius 1 is 1.17 bits per heavy atom. The molecule has 0 radical (unpaired) electrons. The van der Waals surface area contributed by atoms with E-state index in [2.05, 4.69) is 5.32 Å². The predicted molar refractivity (Wildman–Crippen MR) is 102 cm³/mol. The molecule has 1 amide bonds. The van der Waals surface area contributed by atoms with Gasteiger partial charge in [0.05, 0.1) is 12.9 Å². The maximum absolute atomic E-state index is 11.8. The summed E-state index contributed by atoms with van der Waals surface area (Å²) in [6, 6.07) is 9.12. The number of fused-ring (bicyclic) bond motifs is 1. The predicted octanol–water partition coefficient (Wildman–Crippen LogP) is 1.57. The van der Waals surface area contributed by atoms with Crippen molar-refractivity contribution in [2.24, 2.45) is 0 Å². The zero-order valence-electron chi connectivity index (χ0n) is 16.5. The number of aliphatic hydroxyl groups is 1. The number of furan rings is 1. The van der Waals surface area contributed by atoms with Crippen molar-refractivity contribution < 1.29 is 38.1 Å².